The van der Waals surface area contributed by atoms with E-state index >= 15 is 0 Å². The average molecular weight is 323 g/mol. The summed E-state index contributed by atoms with van der Waals surface area (Å²) in [5.41, 5.74) is 3.26. The third-order valence-electron chi connectivity index (χ3n) is 4.80. The molecule has 1 N–H and O–H groups in total. The Labute approximate surface area is 139 Å². The molecule has 4 heteroatoms. The van der Waals surface area contributed by atoms with Crippen molar-refractivity contribution in [1.29, 1.82) is 0 Å². The minimum absolute atomic E-state index is 0.0279. The van der Waals surface area contributed by atoms with E-state index in [2.05, 4.69) is 17.4 Å². The second kappa shape index (κ2) is 5.78. The summed E-state index contributed by atoms with van der Waals surface area (Å²) in [6.07, 6.45) is 2.98. The van der Waals surface area contributed by atoms with Gasteiger partial charge in [-0.05, 0) is 43.4 Å². The van der Waals surface area contributed by atoms with Crippen LogP contribution in [0.25, 0.3) is 11.0 Å². The van der Waals surface area contributed by atoms with E-state index in [-0.39, 0.29) is 23.3 Å². The summed E-state index contributed by atoms with van der Waals surface area (Å²) in [5.74, 6) is -0.541. The van der Waals surface area contributed by atoms with Gasteiger partial charge in [-0.2, -0.15) is 0 Å². The van der Waals surface area contributed by atoms with Crippen molar-refractivity contribution in [1.82, 2.24) is 5.32 Å². The molecule has 0 saturated heterocycles. The van der Waals surface area contributed by atoms with Gasteiger partial charge < -0.3 is 9.73 Å². The standard InChI is InChI=1S/C20H18FNO2/c1-12-14-9-5-10-16(21)19(14)24-18(12)20(23)22-17-11-4-7-13-6-2-3-8-15(13)17/h2-3,5-6,8-10,17H,4,7,11H2,1H3,(H,22,23)/t17-/m1/s1. The zero-order valence-electron chi connectivity index (χ0n) is 13.4. The molecule has 0 saturated carbocycles. The van der Waals surface area contributed by atoms with Gasteiger partial charge in [-0.1, -0.05) is 36.4 Å². The van der Waals surface area contributed by atoms with E-state index in [1.54, 1.807) is 19.1 Å². The first-order chi connectivity index (χ1) is 11.6. The van der Waals surface area contributed by atoms with E-state index in [0.29, 0.717) is 10.9 Å². The molecule has 3 aromatic rings. The smallest absolute Gasteiger partial charge is 0.287 e. The van der Waals surface area contributed by atoms with Gasteiger partial charge in [0.2, 0.25) is 0 Å². The summed E-state index contributed by atoms with van der Waals surface area (Å²) >= 11 is 0. The van der Waals surface area contributed by atoms with Crippen molar-refractivity contribution < 1.29 is 13.6 Å². The van der Waals surface area contributed by atoms with Crippen molar-refractivity contribution >= 4 is 16.9 Å². The lowest BCUT2D eigenvalue weighted by Gasteiger charge is -2.26. The molecule has 3 nitrogen and oxygen atoms in total. The molecular formula is C20H18FNO2. The van der Waals surface area contributed by atoms with Crippen LogP contribution >= 0.6 is 0 Å². The van der Waals surface area contributed by atoms with Crippen molar-refractivity contribution in [3.8, 4) is 0 Å². The molecule has 0 aliphatic heterocycles. The highest BCUT2D eigenvalue weighted by Gasteiger charge is 2.25. The van der Waals surface area contributed by atoms with Crippen LogP contribution in [-0.2, 0) is 6.42 Å². The lowest BCUT2D eigenvalue weighted by molar-refractivity contribution is 0.0905. The molecule has 1 heterocycles. The summed E-state index contributed by atoms with van der Waals surface area (Å²) in [4.78, 5) is 12.7. The van der Waals surface area contributed by atoms with Crippen molar-refractivity contribution in [2.75, 3.05) is 0 Å². The maximum Gasteiger partial charge on any atom is 0.287 e. The van der Waals surface area contributed by atoms with Gasteiger partial charge in [0.05, 0.1) is 6.04 Å². The van der Waals surface area contributed by atoms with Crippen LogP contribution in [0.5, 0.6) is 0 Å². The molecule has 0 spiro atoms. The summed E-state index contributed by atoms with van der Waals surface area (Å²) in [7, 11) is 0. The number of carbonyl (C=O) groups is 1. The molecule has 0 radical (unpaired) electrons. The molecule has 24 heavy (non-hydrogen) atoms. The summed E-state index contributed by atoms with van der Waals surface area (Å²) in [6.45, 7) is 1.79. The quantitative estimate of drug-likeness (QED) is 0.743. The van der Waals surface area contributed by atoms with Crippen LogP contribution in [0, 0.1) is 12.7 Å². The number of hydrogen-bond acceptors (Lipinski definition) is 2. The van der Waals surface area contributed by atoms with Crippen molar-refractivity contribution in [3.05, 3.63) is 70.7 Å². The van der Waals surface area contributed by atoms with Crippen LogP contribution in [0.3, 0.4) is 0 Å². The Morgan fingerprint density at radius 1 is 1.21 bits per heavy atom. The third kappa shape index (κ3) is 2.39. The monoisotopic (exact) mass is 323 g/mol. The number of para-hydroxylation sites is 1. The molecule has 0 bridgehead atoms. The van der Waals surface area contributed by atoms with E-state index in [4.69, 9.17) is 4.42 Å². The molecule has 1 aromatic heterocycles. The minimum Gasteiger partial charge on any atom is -0.448 e. The van der Waals surface area contributed by atoms with E-state index in [0.717, 1.165) is 24.8 Å². The topological polar surface area (TPSA) is 42.2 Å². The second-order valence-corrected chi connectivity index (χ2v) is 6.29. The number of nitrogens with one attached hydrogen (secondary N) is 1. The Morgan fingerprint density at radius 2 is 2.04 bits per heavy atom. The predicted octanol–water partition coefficient (Wildman–Crippen LogP) is 4.69. The number of rotatable bonds is 2. The first-order valence-electron chi connectivity index (χ1n) is 8.21. The fourth-order valence-corrected chi connectivity index (χ4v) is 3.55. The van der Waals surface area contributed by atoms with Gasteiger partial charge in [0.15, 0.2) is 17.2 Å². The first-order valence-corrected chi connectivity index (χ1v) is 8.21. The van der Waals surface area contributed by atoms with E-state index in [1.165, 1.54) is 11.6 Å². The lowest BCUT2D eigenvalue weighted by Crippen LogP contribution is -2.31. The highest BCUT2D eigenvalue weighted by Crippen LogP contribution is 2.31. The minimum atomic E-state index is -0.447. The number of carbonyl (C=O) groups excluding carboxylic acids is 1. The van der Waals surface area contributed by atoms with Gasteiger partial charge in [0.1, 0.15) is 0 Å². The van der Waals surface area contributed by atoms with E-state index in [1.807, 2.05) is 12.1 Å². The van der Waals surface area contributed by atoms with Gasteiger partial charge >= 0.3 is 0 Å². The Kier molecular flexibility index (Phi) is 3.60. The Bertz CT molecular complexity index is 929. The number of halogens is 1. The van der Waals surface area contributed by atoms with Gasteiger partial charge in [0.25, 0.3) is 5.91 Å². The molecule has 1 aliphatic carbocycles. The zero-order chi connectivity index (χ0) is 16.7. The summed E-state index contributed by atoms with van der Waals surface area (Å²) < 4.78 is 19.4. The van der Waals surface area contributed by atoms with Gasteiger partial charge in [-0.15, -0.1) is 0 Å². The Balaban J connectivity index is 1.66. The van der Waals surface area contributed by atoms with E-state index < -0.39 is 5.82 Å². The molecule has 1 atom stereocenters. The first kappa shape index (κ1) is 14.9. The molecule has 0 fully saturated rings. The normalized spacial score (nSPS) is 16.8. The number of amides is 1. The van der Waals surface area contributed by atoms with Crippen LogP contribution in [0.4, 0.5) is 4.39 Å². The zero-order valence-corrected chi connectivity index (χ0v) is 13.4. The Hall–Kier alpha value is -2.62. The SMILES string of the molecule is Cc1c(C(=O)N[C@@H]2CCCc3ccccc32)oc2c(F)cccc12. The van der Waals surface area contributed by atoms with Crippen molar-refractivity contribution in [2.45, 2.75) is 32.2 Å². The van der Waals surface area contributed by atoms with Crippen molar-refractivity contribution in [2.24, 2.45) is 0 Å². The number of aryl methyl sites for hydroxylation is 2. The number of fused-ring (bicyclic) bond motifs is 2. The predicted molar refractivity (Wildman–Crippen MR) is 90.5 cm³/mol. The second-order valence-electron chi connectivity index (χ2n) is 6.29. The van der Waals surface area contributed by atoms with Gasteiger partial charge in [-0.25, -0.2) is 4.39 Å². The molecule has 4 rings (SSSR count). The lowest BCUT2D eigenvalue weighted by atomic mass is 9.87. The van der Waals surface area contributed by atoms with Crippen LogP contribution in [-0.4, -0.2) is 5.91 Å². The highest BCUT2D eigenvalue weighted by molar-refractivity contribution is 5.99. The third-order valence-corrected chi connectivity index (χ3v) is 4.80. The van der Waals surface area contributed by atoms with Crippen LogP contribution in [0.1, 0.15) is 46.1 Å². The van der Waals surface area contributed by atoms with Crippen molar-refractivity contribution in [3.63, 3.8) is 0 Å². The van der Waals surface area contributed by atoms with Crippen LogP contribution < -0.4 is 5.32 Å². The fourth-order valence-electron chi connectivity index (χ4n) is 3.55. The Morgan fingerprint density at radius 3 is 2.88 bits per heavy atom. The molecule has 0 unspecified atom stereocenters. The largest absolute Gasteiger partial charge is 0.448 e. The average Bonchev–Trinajstić information content (AvgIpc) is 2.94. The summed E-state index contributed by atoms with van der Waals surface area (Å²) in [5, 5.41) is 3.70. The molecule has 2 aromatic carbocycles. The van der Waals surface area contributed by atoms with Crippen LogP contribution in [0.2, 0.25) is 0 Å². The fraction of sp³-hybridized carbons (Fsp3) is 0.250. The maximum atomic E-state index is 13.9. The molecular weight excluding hydrogens is 305 g/mol. The number of benzene rings is 2. The molecule has 1 aliphatic rings. The number of furan rings is 1. The molecule has 1 amide bonds. The summed E-state index contributed by atoms with van der Waals surface area (Å²) in [6, 6.07) is 12.9. The molecule has 122 valence electrons. The number of hydrogen-bond donors (Lipinski definition) is 1. The van der Waals surface area contributed by atoms with Gasteiger partial charge in [0, 0.05) is 10.9 Å². The highest BCUT2D eigenvalue weighted by atomic mass is 19.1. The van der Waals surface area contributed by atoms with Crippen LogP contribution in [0.15, 0.2) is 46.9 Å². The van der Waals surface area contributed by atoms with Gasteiger partial charge in [-0.3, -0.25) is 4.79 Å². The maximum absolute atomic E-state index is 13.9. The van der Waals surface area contributed by atoms with E-state index in [9.17, 15) is 9.18 Å².